The molecule has 5 rings (SSSR count). The van der Waals surface area contributed by atoms with E-state index in [-0.39, 0.29) is 17.2 Å². The summed E-state index contributed by atoms with van der Waals surface area (Å²) in [6, 6.07) is 7.72. The van der Waals surface area contributed by atoms with Gasteiger partial charge in [-0.3, -0.25) is 4.68 Å². The summed E-state index contributed by atoms with van der Waals surface area (Å²) < 4.78 is 16.2. The van der Waals surface area contributed by atoms with Crippen molar-refractivity contribution in [3.05, 3.63) is 72.2 Å². The standard InChI is InChI=1S/C23H21FN8O/c1-23(33,15-6-4-5-7-16(15)24)19-8-17(30-22(25-2)31-19)14-10-26-21-20(14)29-18(11-27-21)13-9-28-32(3)12-13/h4-12,33H,1-3H3,(H,26,27)(H,25,30,31). The van der Waals surface area contributed by atoms with Crippen molar-refractivity contribution in [2.75, 3.05) is 12.4 Å². The van der Waals surface area contributed by atoms with E-state index in [1.54, 1.807) is 48.5 Å². The predicted octanol–water partition coefficient (Wildman–Crippen LogP) is 3.25. The number of anilines is 1. The molecule has 3 N–H and O–H groups in total. The molecule has 4 aromatic heterocycles. The van der Waals surface area contributed by atoms with Crippen LogP contribution in [0, 0.1) is 5.82 Å². The lowest BCUT2D eigenvalue weighted by Crippen LogP contribution is -2.26. The van der Waals surface area contributed by atoms with Crippen molar-refractivity contribution in [3.8, 4) is 22.5 Å². The van der Waals surface area contributed by atoms with Gasteiger partial charge in [0.2, 0.25) is 5.95 Å². The van der Waals surface area contributed by atoms with Crippen LogP contribution in [-0.2, 0) is 12.6 Å². The number of nitrogens with zero attached hydrogens (tertiary/aromatic N) is 6. The Kier molecular flexibility index (Phi) is 4.86. The highest BCUT2D eigenvalue weighted by molar-refractivity contribution is 5.90. The van der Waals surface area contributed by atoms with Crippen LogP contribution >= 0.6 is 0 Å². The first-order valence-electron chi connectivity index (χ1n) is 10.2. The maximum atomic E-state index is 14.5. The molecule has 0 radical (unpaired) electrons. The minimum atomic E-state index is -1.69. The number of hydrogen-bond acceptors (Lipinski definition) is 7. The number of rotatable bonds is 5. The van der Waals surface area contributed by atoms with Crippen molar-refractivity contribution in [3.63, 3.8) is 0 Å². The molecule has 0 spiro atoms. The molecular formula is C23H21FN8O. The summed E-state index contributed by atoms with van der Waals surface area (Å²) in [5.74, 6) is -0.238. The van der Waals surface area contributed by atoms with Gasteiger partial charge in [0, 0.05) is 43.2 Å². The Bertz CT molecular complexity index is 1470. The van der Waals surface area contributed by atoms with Gasteiger partial charge in [0.1, 0.15) is 16.9 Å². The molecule has 1 aromatic carbocycles. The molecule has 0 amide bonds. The summed E-state index contributed by atoms with van der Waals surface area (Å²) in [7, 11) is 3.51. The molecule has 0 aliphatic carbocycles. The predicted molar refractivity (Wildman–Crippen MR) is 122 cm³/mol. The monoisotopic (exact) mass is 444 g/mol. The third kappa shape index (κ3) is 3.60. The fraction of sp³-hybridized carbons (Fsp3) is 0.174. The summed E-state index contributed by atoms with van der Waals surface area (Å²) in [6.45, 7) is 1.51. The van der Waals surface area contributed by atoms with E-state index in [4.69, 9.17) is 4.98 Å². The first kappa shape index (κ1) is 20.7. The number of aliphatic hydroxyl groups is 1. The number of hydrogen-bond donors (Lipinski definition) is 3. The van der Waals surface area contributed by atoms with Gasteiger partial charge in [-0.1, -0.05) is 18.2 Å². The minimum absolute atomic E-state index is 0.120. The highest BCUT2D eigenvalue weighted by Crippen LogP contribution is 2.34. The Morgan fingerprint density at radius 3 is 2.67 bits per heavy atom. The number of aromatic amines is 1. The molecule has 0 aliphatic rings. The highest BCUT2D eigenvalue weighted by atomic mass is 19.1. The normalized spacial score (nSPS) is 13.2. The molecular weight excluding hydrogens is 423 g/mol. The van der Waals surface area contributed by atoms with E-state index in [1.807, 2.05) is 13.2 Å². The summed E-state index contributed by atoms with van der Waals surface area (Å²) >= 11 is 0. The number of aryl methyl sites for hydroxylation is 1. The van der Waals surface area contributed by atoms with Gasteiger partial charge in [-0.25, -0.2) is 24.3 Å². The van der Waals surface area contributed by atoms with E-state index >= 15 is 0 Å². The largest absolute Gasteiger partial charge is 0.379 e. The molecule has 0 fully saturated rings. The summed E-state index contributed by atoms with van der Waals surface area (Å²) in [5, 5.41) is 18.4. The third-order valence-corrected chi connectivity index (χ3v) is 5.50. The topological polar surface area (TPSA) is 117 Å². The molecule has 1 unspecified atom stereocenters. The van der Waals surface area contributed by atoms with Crippen LogP contribution in [0.3, 0.4) is 0 Å². The molecule has 5 aromatic rings. The lowest BCUT2D eigenvalue weighted by Gasteiger charge is -2.24. The van der Waals surface area contributed by atoms with E-state index in [0.29, 0.717) is 28.1 Å². The smallest absolute Gasteiger partial charge is 0.223 e. The number of fused-ring (bicyclic) bond motifs is 1. The van der Waals surface area contributed by atoms with Crippen LogP contribution in [-0.4, -0.2) is 46.9 Å². The van der Waals surface area contributed by atoms with Crippen LogP contribution in [0.5, 0.6) is 0 Å². The lowest BCUT2D eigenvalue weighted by atomic mass is 9.91. The molecule has 0 saturated heterocycles. The second-order valence-corrected chi connectivity index (χ2v) is 7.82. The molecule has 9 nitrogen and oxygen atoms in total. The first-order valence-corrected chi connectivity index (χ1v) is 10.2. The van der Waals surface area contributed by atoms with Crippen molar-refractivity contribution in [2.24, 2.45) is 7.05 Å². The Hall–Kier alpha value is -4.18. The Balaban J connectivity index is 1.66. The molecule has 166 valence electrons. The molecule has 1 atom stereocenters. The van der Waals surface area contributed by atoms with Crippen molar-refractivity contribution < 1.29 is 9.50 Å². The SMILES string of the molecule is CNc1nc(-c2c[nH]c3ncc(-c4cnn(C)c4)nc23)cc(C(C)(O)c2ccccc2F)n1. The Morgan fingerprint density at radius 1 is 1.12 bits per heavy atom. The molecule has 4 heterocycles. The fourth-order valence-electron chi connectivity index (χ4n) is 3.72. The fourth-order valence-corrected chi connectivity index (χ4v) is 3.72. The zero-order chi connectivity index (χ0) is 23.2. The minimum Gasteiger partial charge on any atom is -0.379 e. The van der Waals surface area contributed by atoms with Crippen LogP contribution in [0.25, 0.3) is 33.7 Å². The van der Waals surface area contributed by atoms with E-state index in [1.165, 1.54) is 19.1 Å². The summed E-state index contributed by atoms with van der Waals surface area (Å²) in [5.41, 5.74) is 2.55. The second-order valence-electron chi connectivity index (χ2n) is 7.82. The van der Waals surface area contributed by atoms with Gasteiger partial charge in [-0.15, -0.1) is 0 Å². The maximum Gasteiger partial charge on any atom is 0.223 e. The van der Waals surface area contributed by atoms with Crippen LogP contribution < -0.4 is 5.32 Å². The number of nitrogens with one attached hydrogen (secondary N) is 2. The highest BCUT2D eigenvalue weighted by Gasteiger charge is 2.31. The zero-order valence-corrected chi connectivity index (χ0v) is 18.2. The van der Waals surface area contributed by atoms with E-state index in [2.05, 4.69) is 30.4 Å². The zero-order valence-electron chi connectivity index (χ0n) is 18.2. The second kappa shape index (κ2) is 7.75. The average molecular weight is 444 g/mol. The molecule has 10 heteroatoms. The summed E-state index contributed by atoms with van der Waals surface area (Å²) in [6.07, 6.45) is 7.00. The van der Waals surface area contributed by atoms with Crippen LogP contribution in [0.15, 0.2) is 55.1 Å². The van der Waals surface area contributed by atoms with Crippen molar-refractivity contribution in [2.45, 2.75) is 12.5 Å². The van der Waals surface area contributed by atoms with Crippen molar-refractivity contribution >= 4 is 17.1 Å². The van der Waals surface area contributed by atoms with Gasteiger partial charge >= 0.3 is 0 Å². The quantitative estimate of drug-likeness (QED) is 0.381. The average Bonchev–Trinajstić information content (AvgIpc) is 3.44. The van der Waals surface area contributed by atoms with Crippen molar-refractivity contribution in [1.82, 2.24) is 34.7 Å². The molecule has 0 saturated carbocycles. The van der Waals surface area contributed by atoms with Gasteiger partial charge in [0.25, 0.3) is 0 Å². The van der Waals surface area contributed by atoms with E-state index in [0.717, 1.165) is 5.56 Å². The van der Waals surface area contributed by atoms with Crippen LogP contribution in [0.2, 0.25) is 0 Å². The van der Waals surface area contributed by atoms with Crippen LogP contribution in [0.4, 0.5) is 10.3 Å². The van der Waals surface area contributed by atoms with Gasteiger partial charge in [0.15, 0.2) is 5.65 Å². The molecule has 0 bridgehead atoms. The van der Waals surface area contributed by atoms with E-state index < -0.39 is 11.4 Å². The number of benzene rings is 1. The van der Waals surface area contributed by atoms with Crippen molar-refractivity contribution in [1.29, 1.82) is 0 Å². The lowest BCUT2D eigenvalue weighted by molar-refractivity contribution is 0.0932. The van der Waals surface area contributed by atoms with Gasteiger partial charge in [-0.2, -0.15) is 5.10 Å². The number of H-pyrrole nitrogens is 1. The van der Waals surface area contributed by atoms with Gasteiger partial charge in [0.05, 0.1) is 29.5 Å². The summed E-state index contributed by atoms with van der Waals surface area (Å²) in [4.78, 5) is 21.3. The Morgan fingerprint density at radius 2 is 1.94 bits per heavy atom. The number of aromatic nitrogens is 7. The Labute approximate surface area is 188 Å². The van der Waals surface area contributed by atoms with Gasteiger partial charge < -0.3 is 15.4 Å². The first-order chi connectivity index (χ1) is 15.9. The van der Waals surface area contributed by atoms with Gasteiger partial charge in [-0.05, 0) is 19.1 Å². The third-order valence-electron chi connectivity index (χ3n) is 5.50. The molecule has 33 heavy (non-hydrogen) atoms. The maximum absolute atomic E-state index is 14.5. The van der Waals surface area contributed by atoms with Crippen LogP contribution in [0.1, 0.15) is 18.2 Å². The number of halogens is 1. The molecule has 0 aliphatic heterocycles. The van der Waals surface area contributed by atoms with E-state index in [9.17, 15) is 9.50 Å².